The number of imidazole rings is 1. The predicted molar refractivity (Wildman–Crippen MR) is 220 cm³/mol. The lowest BCUT2D eigenvalue weighted by Gasteiger charge is -2.20. The number of hydrogen-bond donors (Lipinski definition) is 0. The molecule has 0 bridgehead atoms. The predicted octanol–water partition coefficient (Wildman–Crippen LogP) is 13.0. The third-order valence-electron chi connectivity index (χ3n) is 10.8. The Morgan fingerprint density at radius 3 is 1.66 bits per heavy atom. The van der Waals surface area contributed by atoms with E-state index in [1.165, 1.54) is 77.2 Å². The van der Waals surface area contributed by atoms with Crippen molar-refractivity contribution in [1.82, 2.24) is 14.4 Å². The Kier molecular flexibility index (Phi) is 6.55. The number of hydrogen-bond acceptors (Lipinski definition) is 2. The van der Waals surface area contributed by atoms with Gasteiger partial charge in [0.2, 0.25) is 0 Å². The molecule has 0 saturated heterocycles. The van der Waals surface area contributed by atoms with Gasteiger partial charge in [0.15, 0.2) is 0 Å². The molecule has 0 fully saturated rings. The lowest BCUT2D eigenvalue weighted by molar-refractivity contribution is 1.19. The van der Waals surface area contributed by atoms with E-state index < -0.39 is 0 Å². The van der Waals surface area contributed by atoms with Crippen molar-refractivity contribution in [1.29, 1.82) is 0 Å². The summed E-state index contributed by atoms with van der Waals surface area (Å²) >= 11 is 0. The second kappa shape index (κ2) is 11.7. The molecule has 53 heavy (non-hydrogen) atoms. The highest BCUT2D eigenvalue weighted by atomic mass is 15.0. The van der Waals surface area contributed by atoms with Crippen LogP contribution in [0.15, 0.2) is 188 Å². The Morgan fingerprint density at radius 1 is 0.377 bits per heavy atom. The summed E-state index contributed by atoms with van der Waals surface area (Å²) in [7, 11) is 0. The van der Waals surface area contributed by atoms with Gasteiger partial charge in [-0.3, -0.25) is 4.98 Å². The molecule has 3 heterocycles. The molecule has 7 aromatic carbocycles. The molecule has 11 rings (SSSR count). The first kappa shape index (κ1) is 29.6. The van der Waals surface area contributed by atoms with Crippen LogP contribution in [0.4, 0.5) is 0 Å². The molecule has 0 radical (unpaired) electrons. The third-order valence-corrected chi connectivity index (χ3v) is 10.8. The summed E-state index contributed by atoms with van der Waals surface area (Å²) in [6.45, 7) is 0. The second-order valence-electron chi connectivity index (χ2n) is 13.8. The monoisotopic (exact) mass is 673 g/mol. The fraction of sp³-hybridized carbons (Fsp3) is 0. The first-order chi connectivity index (χ1) is 26.3. The number of nitrogens with zero attached hydrogens (tertiary/aromatic N) is 3. The van der Waals surface area contributed by atoms with Crippen LogP contribution in [0.5, 0.6) is 0 Å². The van der Waals surface area contributed by atoms with Crippen LogP contribution in [-0.4, -0.2) is 14.4 Å². The average Bonchev–Trinajstić information content (AvgIpc) is 3.81. The van der Waals surface area contributed by atoms with Crippen LogP contribution < -0.4 is 0 Å². The summed E-state index contributed by atoms with van der Waals surface area (Å²) in [6, 6.07) is 61.5. The first-order valence-corrected chi connectivity index (χ1v) is 18.1. The third kappa shape index (κ3) is 4.61. The van der Waals surface area contributed by atoms with Crippen LogP contribution in [0.25, 0.3) is 105 Å². The Hall–Kier alpha value is -7.10. The number of fused-ring (bicyclic) bond motifs is 5. The molecule has 0 atom stereocenters. The van der Waals surface area contributed by atoms with Crippen molar-refractivity contribution in [2.24, 2.45) is 0 Å². The van der Waals surface area contributed by atoms with Gasteiger partial charge in [0, 0.05) is 18.6 Å². The number of rotatable bonds is 5. The van der Waals surface area contributed by atoms with E-state index in [0.717, 1.165) is 28.2 Å². The smallest absolute Gasteiger partial charge is 0.138 e. The summed E-state index contributed by atoms with van der Waals surface area (Å²) < 4.78 is 2.06. The molecule has 3 heteroatoms. The van der Waals surface area contributed by atoms with Gasteiger partial charge in [-0.25, -0.2) is 4.98 Å². The summed E-state index contributed by atoms with van der Waals surface area (Å²) in [5, 5.41) is 5.14. The zero-order valence-corrected chi connectivity index (χ0v) is 28.7. The molecule has 246 valence electrons. The fourth-order valence-corrected chi connectivity index (χ4v) is 8.50. The zero-order valence-electron chi connectivity index (χ0n) is 28.7. The van der Waals surface area contributed by atoms with Gasteiger partial charge in [-0.1, -0.05) is 146 Å². The SMILES string of the molecule is c1ccc(-c2c3c(c(-c4ccccc4)c4ccccc24)-c2ccc(-c4ccc(-c5ccn6cc(-c7ccccn7)nc6c5)cc4)c4cccc-3c24)cc1. The molecule has 0 N–H and O–H groups in total. The summed E-state index contributed by atoms with van der Waals surface area (Å²) in [6.07, 6.45) is 5.92. The Bertz CT molecular complexity index is 2920. The van der Waals surface area contributed by atoms with Crippen LogP contribution in [0.2, 0.25) is 0 Å². The topological polar surface area (TPSA) is 30.2 Å². The van der Waals surface area contributed by atoms with Crippen LogP contribution >= 0.6 is 0 Å². The molecule has 0 spiro atoms. The lowest BCUT2D eigenvalue weighted by atomic mass is 9.82. The van der Waals surface area contributed by atoms with Crippen molar-refractivity contribution in [3.05, 3.63) is 188 Å². The van der Waals surface area contributed by atoms with E-state index in [1.54, 1.807) is 6.20 Å². The maximum Gasteiger partial charge on any atom is 0.138 e. The molecule has 1 aliphatic rings. The summed E-state index contributed by atoms with van der Waals surface area (Å²) in [4.78, 5) is 9.36. The molecule has 1 aliphatic carbocycles. The van der Waals surface area contributed by atoms with Crippen molar-refractivity contribution in [2.45, 2.75) is 0 Å². The molecular weight excluding hydrogens is 643 g/mol. The average molecular weight is 674 g/mol. The van der Waals surface area contributed by atoms with E-state index in [2.05, 4.69) is 167 Å². The van der Waals surface area contributed by atoms with Crippen molar-refractivity contribution in [3.8, 4) is 78.1 Å². The molecule has 3 nitrogen and oxygen atoms in total. The van der Waals surface area contributed by atoms with E-state index in [4.69, 9.17) is 4.98 Å². The minimum absolute atomic E-state index is 0.868. The second-order valence-corrected chi connectivity index (χ2v) is 13.8. The van der Waals surface area contributed by atoms with Gasteiger partial charge in [-0.05, 0) is 113 Å². The van der Waals surface area contributed by atoms with Crippen LogP contribution in [0.3, 0.4) is 0 Å². The Morgan fingerprint density at radius 2 is 0.981 bits per heavy atom. The number of pyridine rings is 2. The molecule has 10 aromatic rings. The molecule has 0 amide bonds. The van der Waals surface area contributed by atoms with Crippen LogP contribution in [0.1, 0.15) is 0 Å². The highest BCUT2D eigenvalue weighted by Gasteiger charge is 2.31. The van der Waals surface area contributed by atoms with Crippen LogP contribution in [-0.2, 0) is 0 Å². The van der Waals surface area contributed by atoms with Gasteiger partial charge in [-0.2, -0.15) is 0 Å². The van der Waals surface area contributed by atoms with E-state index in [1.807, 2.05) is 24.4 Å². The van der Waals surface area contributed by atoms with E-state index in [-0.39, 0.29) is 0 Å². The van der Waals surface area contributed by atoms with E-state index in [0.29, 0.717) is 0 Å². The van der Waals surface area contributed by atoms with E-state index in [9.17, 15) is 0 Å². The normalized spacial score (nSPS) is 11.8. The van der Waals surface area contributed by atoms with Crippen molar-refractivity contribution in [2.75, 3.05) is 0 Å². The first-order valence-electron chi connectivity index (χ1n) is 18.1. The lowest BCUT2D eigenvalue weighted by Crippen LogP contribution is -1.93. The van der Waals surface area contributed by atoms with Gasteiger partial charge in [0.25, 0.3) is 0 Å². The molecule has 0 saturated carbocycles. The van der Waals surface area contributed by atoms with Gasteiger partial charge in [0.05, 0.1) is 5.69 Å². The van der Waals surface area contributed by atoms with Gasteiger partial charge in [0.1, 0.15) is 11.3 Å². The van der Waals surface area contributed by atoms with Gasteiger partial charge in [-0.15, -0.1) is 0 Å². The standard InChI is InChI=1S/C50H31N3/c1-3-12-34(13-4-1)46-39-16-7-8-17-40(39)47(35-14-5-2-6-15-35)50-42-26-25-37(38-18-11-19-41(48(38)42)49(46)50)33-23-21-32(22-24-33)36-27-29-53-31-44(52-45(53)30-36)43-20-9-10-28-51-43/h1-31H. The highest BCUT2D eigenvalue weighted by Crippen LogP contribution is 2.58. The van der Waals surface area contributed by atoms with Gasteiger partial charge < -0.3 is 4.40 Å². The fourth-order valence-electron chi connectivity index (χ4n) is 8.50. The van der Waals surface area contributed by atoms with Gasteiger partial charge >= 0.3 is 0 Å². The number of aromatic nitrogens is 3. The van der Waals surface area contributed by atoms with Crippen LogP contribution in [0, 0.1) is 0 Å². The van der Waals surface area contributed by atoms with E-state index >= 15 is 0 Å². The molecule has 0 unspecified atom stereocenters. The minimum Gasteiger partial charge on any atom is -0.306 e. The highest BCUT2D eigenvalue weighted by molar-refractivity contribution is 6.28. The quantitative estimate of drug-likeness (QED) is 0.182. The zero-order chi connectivity index (χ0) is 34.9. The maximum absolute atomic E-state index is 4.88. The molecule has 0 aliphatic heterocycles. The van der Waals surface area contributed by atoms with Crippen molar-refractivity contribution in [3.63, 3.8) is 0 Å². The Labute approximate surface area is 307 Å². The maximum atomic E-state index is 4.88. The molecule has 3 aromatic heterocycles. The van der Waals surface area contributed by atoms with Crippen molar-refractivity contribution < 1.29 is 0 Å². The summed E-state index contributed by atoms with van der Waals surface area (Å²) in [5.41, 5.74) is 17.7. The minimum atomic E-state index is 0.868. The largest absolute Gasteiger partial charge is 0.306 e. The van der Waals surface area contributed by atoms with Crippen molar-refractivity contribution >= 4 is 27.2 Å². The summed E-state index contributed by atoms with van der Waals surface area (Å²) in [5.74, 6) is 0. The molecular formula is C50H31N3. The Balaban J connectivity index is 1.07. The number of benzene rings is 7.